The van der Waals surface area contributed by atoms with Crippen LogP contribution in [0.2, 0.25) is 0 Å². The molecule has 1 unspecified atom stereocenters. The van der Waals surface area contributed by atoms with Gasteiger partial charge in [0.2, 0.25) is 10.0 Å². The van der Waals surface area contributed by atoms with Gasteiger partial charge in [-0.15, -0.1) is 5.10 Å². The Hall–Kier alpha value is -2.06. The number of rotatable bonds is 6. The van der Waals surface area contributed by atoms with Crippen molar-refractivity contribution in [2.45, 2.75) is 43.2 Å². The van der Waals surface area contributed by atoms with Crippen LogP contribution in [0.1, 0.15) is 36.0 Å². The van der Waals surface area contributed by atoms with Gasteiger partial charge in [-0.25, -0.2) is 8.42 Å². The Morgan fingerprint density at radius 1 is 1.25 bits per heavy atom. The molecular weight excluding hydrogens is 328 g/mol. The summed E-state index contributed by atoms with van der Waals surface area (Å²) in [5, 5.41) is 7.69. The molecule has 0 aliphatic carbocycles. The Balaban J connectivity index is 1.84. The molecule has 24 heavy (non-hydrogen) atoms. The van der Waals surface area contributed by atoms with E-state index in [1.807, 2.05) is 0 Å². The number of sulfonamides is 1. The second-order valence-electron chi connectivity index (χ2n) is 5.88. The van der Waals surface area contributed by atoms with Crippen LogP contribution in [0.3, 0.4) is 0 Å². The summed E-state index contributed by atoms with van der Waals surface area (Å²) in [5.41, 5.74) is 0.207. The van der Waals surface area contributed by atoms with Gasteiger partial charge in [-0.1, -0.05) is 29.8 Å². The lowest BCUT2D eigenvalue weighted by Crippen LogP contribution is -2.44. The third-order valence-corrected chi connectivity index (χ3v) is 6.39. The van der Waals surface area contributed by atoms with Gasteiger partial charge in [-0.2, -0.15) is 4.31 Å². The van der Waals surface area contributed by atoms with E-state index in [0.29, 0.717) is 25.8 Å². The van der Waals surface area contributed by atoms with Crippen molar-refractivity contribution in [3.05, 3.63) is 42.2 Å². The Morgan fingerprint density at radius 3 is 2.83 bits per heavy atom. The van der Waals surface area contributed by atoms with E-state index in [4.69, 9.17) is 0 Å². The molecule has 0 spiro atoms. The minimum Gasteiger partial charge on any atom is -0.298 e. The number of hydrogen-bond donors (Lipinski definition) is 0. The first kappa shape index (κ1) is 16.8. The molecule has 0 saturated carbocycles. The number of carbonyl (C=O) groups is 1. The van der Waals surface area contributed by atoms with Crippen molar-refractivity contribution in [3.8, 4) is 0 Å². The number of aldehydes is 1. The van der Waals surface area contributed by atoms with Crippen molar-refractivity contribution >= 4 is 16.3 Å². The van der Waals surface area contributed by atoms with Crippen LogP contribution in [0.4, 0.5) is 0 Å². The van der Waals surface area contributed by atoms with Crippen LogP contribution < -0.4 is 0 Å². The molecule has 1 saturated heterocycles. The quantitative estimate of drug-likeness (QED) is 0.742. The Labute approximate surface area is 141 Å². The van der Waals surface area contributed by atoms with Gasteiger partial charge in [0, 0.05) is 30.9 Å². The van der Waals surface area contributed by atoms with Crippen molar-refractivity contribution in [2.75, 3.05) is 6.54 Å². The first-order chi connectivity index (χ1) is 11.6. The van der Waals surface area contributed by atoms with Gasteiger partial charge in [0.05, 0.1) is 11.1 Å². The van der Waals surface area contributed by atoms with Gasteiger partial charge < -0.3 is 0 Å². The summed E-state index contributed by atoms with van der Waals surface area (Å²) in [7, 11) is -3.69. The van der Waals surface area contributed by atoms with Gasteiger partial charge in [0.15, 0.2) is 6.29 Å². The van der Waals surface area contributed by atoms with Crippen LogP contribution in [-0.4, -0.2) is 46.6 Å². The van der Waals surface area contributed by atoms with Gasteiger partial charge in [-0.05, 0) is 25.3 Å². The summed E-state index contributed by atoms with van der Waals surface area (Å²) in [6.07, 6.45) is 7.30. The van der Waals surface area contributed by atoms with Gasteiger partial charge >= 0.3 is 0 Å². The summed E-state index contributed by atoms with van der Waals surface area (Å²) in [4.78, 5) is 11.3. The van der Waals surface area contributed by atoms with Gasteiger partial charge in [-0.3, -0.25) is 9.48 Å². The second-order valence-corrected chi connectivity index (χ2v) is 7.73. The molecule has 7 nitrogen and oxygen atoms in total. The van der Waals surface area contributed by atoms with Crippen molar-refractivity contribution in [2.24, 2.45) is 0 Å². The van der Waals surface area contributed by atoms with E-state index in [2.05, 4.69) is 10.3 Å². The summed E-state index contributed by atoms with van der Waals surface area (Å²) < 4.78 is 29.4. The van der Waals surface area contributed by atoms with Crippen molar-refractivity contribution in [3.63, 3.8) is 0 Å². The van der Waals surface area contributed by atoms with Crippen LogP contribution in [-0.2, 0) is 16.6 Å². The highest BCUT2D eigenvalue weighted by molar-refractivity contribution is 7.89. The Kier molecular flexibility index (Phi) is 5.06. The highest BCUT2D eigenvalue weighted by Gasteiger charge is 2.34. The number of carbonyl (C=O) groups excluding carboxylic acids is 1. The fourth-order valence-electron chi connectivity index (χ4n) is 3.15. The second kappa shape index (κ2) is 7.23. The summed E-state index contributed by atoms with van der Waals surface area (Å²) in [5.74, 6) is 0. The number of hydrogen-bond acceptors (Lipinski definition) is 5. The molecule has 1 aromatic heterocycles. The highest BCUT2D eigenvalue weighted by Crippen LogP contribution is 2.28. The number of aromatic nitrogens is 3. The van der Waals surface area contributed by atoms with Crippen molar-refractivity contribution in [1.82, 2.24) is 19.3 Å². The number of benzene rings is 1. The van der Waals surface area contributed by atoms with Crippen molar-refractivity contribution < 1.29 is 13.2 Å². The largest absolute Gasteiger partial charge is 0.298 e. The first-order valence-corrected chi connectivity index (χ1v) is 9.47. The Bertz CT molecular complexity index is 789. The lowest BCUT2D eigenvalue weighted by atomic mass is 10.0. The fourth-order valence-corrected chi connectivity index (χ4v) is 5.04. The van der Waals surface area contributed by atoms with E-state index in [0.717, 1.165) is 19.3 Å². The molecule has 0 bridgehead atoms. The molecule has 1 aliphatic heterocycles. The van der Waals surface area contributed by atoms with E-state index in [-0.39, 0.29) is 16.5 Å². The van der Waals surface area contributed by atoms with Gasteiger partial charge in [0.25, 0.3) is 0 Å². The maximum Gasteiger partial charge on any atom is 0.244 e. The molecule has 8 heteroatoms. The third-order valence-electron chi connectivity index (χ3n) is 4.37. The molecule has 1 atom stereocenters. The molecule has 2 aromatic rings. The van der Waals surface area contributed by atoms with E-state index in [1.54, 1.807) is 33.5 Å². The van der Waals surface area contributed by atoms with E-state index in [9.17, 15) is 13.2 Å². The van der Waals surface area contributed by atoms with Crippen LogP contribution >= 0.6 is 0 Å². The SMILES string of the molecule is O=Cc1ccccc1S(=O)(=O)N1CCCCC1CCn1ccnn1. The summed E-state index contributed by atoms with van der Waals surface area (Å²) in [6.45, 7) is 1.10. The predicted molar refractivity (Wildman–Crippen MR) is 88.0 cm³/mol. The highest BCUT2D eigenvalue weighted by atomic mass is 32.2. The van der Waals surface area contributed by atoms with Gasteiger partial charge in [0.1, 0.15) is 0 Å². The number of piperidine rings is 1. The Morgan fingerprint density at radius 2 is 2.08 bits per heavy atom. The number of nitrogens with zero attached hydrogens (tertiary/aromatic N) is 4. The molecule has 3 rings (SSSR count). The molecular formula is C16H20N4O3S. The molecule has 1 aliphatic rings. The summed E-state index contributed by atoms with van der Waals surface area (Å²) >= 11 is 0. The third kappa shape index (κ3) is 3.39. The van der Waals surface area contributed by atoms with Crippen molar-refractivity contribution in [1.29, 1.82) is 0 Å². The number of aryl methyl sites for hydroxylation is 1. The normalized spacial score (nSPS) is 19.2. The average Bonchev–Trinajstić information content (AvgIpc) is 3.13. The zero-order valence-corrected chi connectivity index (χ0v) is 14.1. The monoisotopic (exact) mass is 348 g/mol. The van der Waals surface area contributed by atoms with Crippen LogP contribution in [0.5, 0.6) is 0 Å². The lowest BCUT2D eigenvalue weighted by molar-refractivity contribution is 0.112. The molecule has 128 valence electrons. The maximum atomic E-state index is 13.1. The van der Waals surface area contributed by atoms with Crippen LogP contribution in [0.15, 0.2) is 41.6 Å². The van der Waals surface area contributed by atoms with Crippen LogP contribution in [0.25, 0.3) is 0 Å². The standard InChI is InChI=1S/C16H20N4O3S/c21-13-14-5-1-2-7-16(14)24(22,23)20-10-4-3-6-15(20)8-11-19-12-9-17-18-19/h1-2,5,7,9,12-13,15H,3-4,6,8,10-11H2. The molecule has 1 aromatic carbocycles. The average molecular weight is 348 g/mol. The van der Waals surface area contributed by atoms with Crippen LogP contribution in [0, 0.1) is 0 Å². The fraction of sp³-hybridized carbons (Fsp3) is 0.438. The molecule has 0 amide bonds. The molecule has 0 N–H and O–H groups in total. The topological polar surface area (TPSA) is 85.2 Å². The zero-order valence-electron chi connectivity index (χ0n) is 13.3. The first-order valence-electron chi connectivity index (χ1n) is 8.03. The summed E-state index contributed by atoms with van der Waals surface area (Å²) in [6, 6.07) is 6.26. The lowest BCUT2D eigenvalue weighted by Gasteiger charge is -2.35. The predicted octanol–water partition coefficient (Wildman–Crippen LogP) is 1.72. The molecule has 1 fully saturated rings. The minimum atomic E-state index is -3.69. The maximum absolute atomic E-state index is 13.1. The zero-order chi connectivity index (χ0) is 17.0. The molecule has 0 radical (unpaired) electrons. The minimum absolute atomic E-state index is 0.0901. The smallest absolute Gasteiger partial charge is 0.244 e. The molecule has 2 heterocycles. The van der Waals surface area contributed by atoms with E-state index >= 15 is 0 Å². The van der Waals surface area contributed by atoms with E-state index in [1.165, 1.54) is 12.1 Å². The van der Waals surface area contributed by atoms with E-state index < -0.39 is 10.0 Å².